The number of nitrogens with one attached hydrogen (secondary N) is 1. The number of fused-ring (bicyclic) bond motifs is 1. The summed E-state index contributed by atoms with van der Waals surface area (Å²) in [5, 5.41) is 3.67. The Kier molecular flexibility index (Phi) is 5.90. The van der Waals surface area contributed by atoms with E-state index in [1.54, 1.807) is 0 Å². The van der Waals surface area contributed by atoms with Gasteiger partial charge in [-0.2, -0.15) is 0 Å². The molecular formula is C18H29NO. The van der Waals surface area contributed by atoms with Gasteiger partial charge in [0.15, 0.2) is 0 Å². The van der Waals surface area contributed by atoms with E-state index in [0.29, 0.717) is 12.1 Å². The third-order valence-electron chi connectivity index (χ3n) is 4.10. The first kappa shape index (κ1) is 15.4. The van der Waals surface area contributed by atoms with Gasteiger partial charge >= 0.3 is 0 Å². The van der Waals surface area contributed by atoms with Crippen LogP contribution < -0.4 is 10.1 Å². The molecule has 2 unspecified atom stereocenters. The van der Waals surface area contributed by atoms with Crippen molar-refractivity contribution >= 4 is 0 Å². The fraction of sp³-hybridized carbons (Fsp3) is 0.667. The lowest BCUT2D eigenvalue weighted by atomic mass is 9.87. The van der Waals surface area contributed by atoms with Gasteiger partial charge in [-0.05, 0) is 68.8 Å². The van der Waals surface area contributed by atoms with E-state index in [9.17, 15) is 0 Å². The van der Waals surface area contributed by atoms with Crippen LogP contribution in [0.3, 0.4) is 0 Å². The molecule has 0 aliphatic heterocycles. The Hall–Kier alpha value is -1.02. The molecular weight excluding hydrogens is 246 g/mol. The first-order chi connectivity index (χ1) is 9.74. The SMILES string of the molecule is CCCNC1CCCc2cc(OC(C)CCC)ccc21. The van der Waals surface area contributed by atoms with Gasteiger partial charge in [0.05, 0.1) is 6.10 Å². The topological polar surface area (TPSA) is 21.3 Å². The molecule has 0 saturated carbocycles. The normalized spacial score (nSPS) is 19.4. The quantitative estimate of drug-likeness (QED) is 0.783. The summed E-state index contributed by atoms with van der Waals surface area (Å²) in [6, 6.07) is 7.23. The van der Waals surface area contributed by atoms with Crippen LogP contribution in [-0.4, -0.2) is 12.6 Å². The molecule has 0 heterocycles. The molecule has 2 rings (SSSR count). The van der Waals surface area contributed by atoms with E-state index in [0.717, 1.165) is 18.7 Å². The lowest BCUT2D eigenvalue weighted by Crippen LogP contribution is -2.25. The molecule has 1 aromatic rings. The summed E-state index contributed by atoms with van der Waals surface area (Å²) in [6.45, 7) is 7.70. The van der Waals surface area contributed by atoms with Gasteiger partial charge in [-0.1, -0.05) is 26.3 Å². The van der Waals surface area contributed by atoms with Crippen LogP contribution in [0.25, 0.3) is 0 Å². The van der Waals surface area contributed by atoms with E-state index in [4.69, 9.17) is 4.74 Å². The highest BCUT2D eigenvalue weighted by atomic mass is 16.5. The van der Waals surface area contributed by atoms with Crippen LogP contribution in [0.4, 0.5) is 0 Å². The van der Waals surface area contributed by atoms with Gasteiger partial charge < -0.3 is 10.1 Å². The van der Waals surface area contributed by atoms with Gasteiger partial charge in [0.25, 0.3) is 0 Å². The van der Waals surface area contributed by atoms with Crippen molar-refractivity contribution in [2.75, 3.05) is 6.54 Å². The Labute approximate surface area is 123 Å². The van der Waals surface area contributed by atoms with E-state index in [1.165, 1.54) is 43.2 Å². The van der Waals surface area contributed by atoms with Gasteiger partial charge in [0, 0.05) is 6.04 Å². The number of aryl methyl sites for hydroxylation is 1. The summed E-state index contributed by atoms with van der Waals surface area (Å²) in [6.07, 6.45) is 7.55. The van der Waals surface area contributed by atoms with E-state index < -0.39 is 0 Å². The average Bonchev–Trinajstić information content (AvgIpc) is 2.45. The van der Waals surface area contributed by atoms with Crippen molar-refractivity contribution in [1.82, 2.24) is 5.32 Å². The van der Waals surface area contributed by atoms with Gasteiger partial charge in [-0.15, -0.1) is 0 Å². The molecule has 0 amide bonds. The smallest absolute Gasteiger partial charge is 0.119 e. The molecule has 1 N–H and O–H groups in total. The van der Waals surface area contributed by atoms with Crippen molar-refractivity contribution in [2.45, 2.75) is 71.4 Å². The van der Waals surface area contributed by atoms with Crippen molar-refractivity contribution < 1.29 is 4.74 Å². The zero-order chi connectivity index (χ0) is 14.4. The summed E-state index contributed by atoms with van der Waals surface area (Å²) in [4.78, 5) is 0. The second kappa shape index (κ2) is 7.68. The molecule has 112 valence electrons. The van der Waals surface area contributed by atoms with Gasteiger partial charge in [0.2, 0.25) is 0 Å². The number of hydrogen-bond donors (Lipinski definition) is 1. The maximum atomic E-state index is 6.02. The Balaban J connectivity index is 2.06. The summed E-state index contributed by atoms with van der Waals surface area (Å²) in [7, 11) is 0. The van der Waals surface area contributed by atoms with Crippen molar-refractivity contribution in [2.24, 2.45) is 0 Å². The second-order valence-electron chi connectivity index (χ2n) is 5.98. The summed E-state index contributed by atoms with van der Waals surface area (Å²) in [5.74, 6) is 1.04. The maximum Gasteiger partial charge on any atom is 0.119 e. The van der Waals surface area contributed by atoms with Gasteiger partial charge in [-0.25, -0.2) is 0 Å². The lowest BCUT2D eigenvalue weighted by Gasteiger charge is -2.27. The predicted octanol–water partition coefficient (Wildman–Crippen LogP) is 4.63. The molecule has 0 aromatic heterocycles. The minimum Gasteiger partial charge on any atom is -0.491 e. The first-order valence-corrected chi connectivity index (χ1v) is 8.27. The highest BCUT2D eigenvalue weighted by Gasteiger charge is 2.20. The molecule has 2 heteroatoms. The fourth-order valence-corrected chi connectivity index (χ4v) is 3.09. The monoisotopic (exact) mass is 275 g/mol. The Morgan fingerprint density at radius 1 is 1.30 bits per heavy atom. The predicted molar refractivity (Wildman–Crippen MR) is 85.4 cm³/mol. The largest absolute Gasteiger partial charge is 0.491 e. The first-order valence-electron chi connectivity index (χ1n) is 8.27. The van der Waals surface area contributed by atoms with Crippen LogP contribution in [-0.2, 0) is 6.42 Å². The molecule has 1 aliphatic carbocycles. The van der Waals surface area contributed by atoms with Crippen LogP contribution in [0.5, 0.6) is 5.75 Å². The van der Waals surface area contributed by atoms with Gasteiger partial charge in [0.1, 0.15) is 5.75 Å². The fourth-order valence-electron chi connectivity index (χ4n) is 3.09. The number of benzene rings is 1. The minimum absolute atomic E-state index is 0.315. The zero-order valence-corrected chi connectivity index (χ0v) is 13.2. The minimum atomic E-state index is 0.315. The van der Waals surface area contributed by atoms with Crippen molar-refractivity contribution in [3.63, 3.8) is 0 Å². The van der Waals surface area contributed by atoms with Crippen LogP contribution in [0.2, 0.25) is 0 Å². The molecule has 0 fully saturated rings. The molecule has 2 nitrogen and oxygen atoms in total. The number of hydrogen-bond acceptors (Lipinski definition) is 2. The third-order valence-corrected chi connectivity index (χ3v) is 4.10. The molecule has 2 atom stereocenters. The molecule has 0 bridgehead atoms. The lowest BCUT2D eigenvalue weighted by molar-refractivity contribution is 0.209. The highest BCUT2D eigenvalue weighted by Crippen LogP contribution is 2.32. The average molecular weight is 275 g/mol. The van der Waals surface area contributed by atoms with Crippen LogP contribution in [0.15, 0.2) is 18.2 Å². The van der Waals surface area contributed by atoms with Crippen molar-refractivity contribution in [1.29, 1.82) is 0 Å². The molecule has 0 saturated heterocycles. The summed E-state index contributed by atoms with van der Waals surface area (Å²) < 4.78 is 6.02. The summed E-state index contributed by atoms with van der Waals surface area (Å²) >= 11 is 0. The number of ether oxygens (including phenoxy) is 1. The third kappa shape index (κ3) is 3.99. The molecule has 1 aliphatic rings. The molecule has 0 spiro atoms. The second-order valence-corrected chi connectivity index (χ2v) is 5.98. The zero-order valence-electron chi connectivity index (χ0n) is 13.2. The van der Waals surface area contributed by atoms with E-state index in [-0.39, 0.29) is 0 Å². The van der Waals surface area contributed by atoms with Crippen molar-refractivity contribution in [3.05, 3.63) is 29.3 Å². The van der Waals surface area contributed by atoms with E-state index >= 15 is 0 Å². The van der Waals surface area contributed by atoms with E-state index in [1.807, 2.05) is 0 Å². The highest BCUT2D eigenvalue weighted by molar-refractivity contribution is 5.39. The molecule has 1 aromatic carbocycles. The Morgan fingerprint density at radius 3 is 2.90 bits per heavy atom. The summed E-state index contributed by atoms with van der Waals surface area (Å²) in [5.41, 5.74) is 2.96. The van der Waals surface area contributed by atoms with E-state index in [2.05, 4.69) is 44.3 Å². The van der Waals surface area contributed by atoms with Crippen LogP contribution in [0, 0.1) is 0 Å². The number of rotatable bonds is 7. The van der Waals surface area contributed by atoms with Crippen LogP contribution in [0.1, 0.15) is 70.0 Å². The standard InChI is InChI=1S/C18H29NO/c1-4-7-14(3)20-16-10-11-17-15(13-16)8-6-9-18(17)19-12-5-2/h10-11,13-14,18-19H,4-9,12H2,1-3H3. The maximum absolute atomic E-state index is 6.02. The van der Waals surface area contributed by atoms with Crippen molar-refractivity contribution in [3.8, 4) is 5.75 Å². The molecule has 20 heavy (non-hydrogen) atoms. The Morgan fingerprint density at radius 2 is 2.15 bits per heavy atom. The molecule has 0 radical (unpaired) electrons. The van der Waals surface area contributed by atoms with Gasteiger partial charge in [-0.3, -0.25) is 0 Å². The van der Waals surface area contributed by atoms with Crippen LogP contribution >= 0.6 is 0 Å². The Bertz CT molecular complexity index is 416.